The van der Waals surface area contributed by atoms with Gasteiger partial charge in [-0.25, -0.2) is 0 Å². The Hall–Kier alpha value is -2.08. The highest BCUT2D eigenvalue weighted by molar-refractivity contribution is 6.17. The molecule has 0 radical (unpaired) electrons. The van der Waals surface area contributed by atoms with Gasteiger partial charge in [0.1, 0.15) is 5.75 Å². The van der Waals surface area contributed by atoms with E-state index in [0.29, 0.717) is 18.2 Å². The predicted molar refractivity (Wildman–Crippen MR) is 80.0 cm³/mol. The summed E-state index contributed by atoms with van der Waals surface area (Å²) in [6.45, 7) is 4.27. The van der Waals surface area contributed by atoms with Crippen molar-refractivity contribution >= 4 is 17.3 Å². The molecule has 0 fully saturated rings. The number of aryl methyl sites for hydroxylation is 1. The van der Waals surface area contributed by atoms with E-state index in [0.717, 1.165) is 22.5 Å². The van der Waals surface area contributed by atoms with Crippen molar-refractivity contribution in [1.82, 2.24) is 9.78 Å². The average molecular weight is 310 g/mol. The number of nitro groups is 1. The molecular weight excluding hydrogens is 294 g/mol. The van der Waals surface area contributed by atoms with E-state index >= 15 is 0 Å². The fourth-order valence-corrected chi connectivity index (χ4v) is 2.60. The Morgan fingerprint density at radius 3 is 2.62 bits per heavy atom. The van der Waals surface area contributed by atoms with Crippen LogP contribution in [0.3, 0.4) is 0 Å². The van der Waals surface area contributed by atoms with E-state index in [1.807, 2.05) is 13.8 Å². The van der Waals surface area contributed by atoms with E-state index in [4.69, 9.17) is 16.3 Å². The Labute approximate surface area is 127 Å². The van der Waals surface area contributed by atoms with Gasteiger partial charge in [0.25, 0.3) is 5.69 Å². The first-order valence-corrected chi connectivity index (χ1v) is 6.91. The second kappa shape index (κ2) is 6.13. The molecule has 1 aromatic heterocycles. The van der Waals surface area contributed by atoms with Crippen LogP contribution in [0.25, 0.3) is 0 Å². The summed E-state index contributed by atoms with van der Waals surface area (Å²) in [5.74, 6) is 0.855. The number of non-ortho nitro benzene ring substituents is 1. The smallest absolute Gasteiger partial charge is 0.273 e. The summed E-state index contributed by atoms with van der Waals surface area (Å²) in [5, 5.41) is 15.4. The summed E-state index contributed by atoms with van der Waals surface area (Å²) in [6.07, 6.45) is 0. The van der Waals surface area contributed by atoms with Gasteiger partial charge in [0.2, 0.25) is 0 Å². The SMILES string of the molecule is COc1cc(Cn2nc(C)c(CCl)c2C)cc([N+](=O)[O-])c1. The van der Waals surface area contributed by atoms with E-state index in [9.17, 15) is 10.1 Å². The molecule has 112 valence electrons. The summed E-state index contributed by atoms with van der Waals surface area (Å²) in [4.78, 5) is 10.5. The van der Waals surface area contributed by atoms with Crippen LogP contribution in [-0.4, -0.2) is 21.8 Å². The second-order valence-corrected chi connectivity index (χ2v) is 5.00. The molecule has 6 nitrogen and oxygen atoms in total. The molecule has 0 saturated carbocycles. The highest BCUT2D eigenvalue weighted by atomic mass is 35.5. The summed E-state index contributed by atoms with van der Waals surface area (Å²) in [6, 6.07) is 4.69. The Morgan fingerprint density at radius 1 is 1.38 bits per heavy atom. The van der Waals surface area contributed by atoms with Crippen molar-refractivity contribution in [1.29, 1.82) is 0 Å². The van der Waals surface area contributed by atoms with Crippen LogP contribution >= 0.6 is 11.6 Å². The van der Waals surface area contributed by atoms with Crippen LogP contribution in [0.15, 0.2) is 18.2 Å². The molecule has 1 heterocycles. The van der Waals surface area contributed by atoms with Gasteiger partial charge in [-0.2, -0.15) is 5.10 Å². The molecule has 0 saturated heterocycles. The molecule has 0 aliphatic heterocycles. The van der Waals surface area contributed by atoms with Crippen molar-refractivity contribution < 1.29 is 9.66 Å². The third-order valence-corrected chi connectivity index (χ3v) is 3.66. The Morgan fingerprint density at radius 2 is 2.10 bits per heavy atom. The normalized spacial score (nSPS) is 10.7. The number of nitro benzene ring substituents is 1. The molecule has 1 aromatic carbocycles. The number of nitrogens with zero attached hydrogens (tertiary/aromatic N) is 3. The van der Waals surface area contributed by atoms with Gasteiger partial charge in [-0.1, -0.05) is 0 Å². The van der Waals surface area contributed by atoms with Crippen LogP contribution < -0.4 is 4.74 Å². The van der Waals surface area contributed by atoms with Gasteiger partial charge >= 0.3 is 0 Å². The molecule has 0 amide bonds. The summed E-state index contributed by atoms with van der Waals surface area (Å²) >= 11 is 5.91. The van der Waals surface area contributed by atoms with Crippen LogP contribution in [0.4, 0.5) is 5.69 Å². The zero-order chi connectivity index (χ0) is 15.6. The number of methoxy groups -OCH3 is 1. The van der Waals surface area contributed by atoms with E-state index in [2.05, 4.69) is 5.10 Å². The molecule has 0 bridgehead atoms. The Bertz CT molecular complexity index is 682. The van der Waals surface area contributed by atoms with E-state index < -0.39 is 4.92 Å². The summed E-state index contributed by atoms with van der Waals surface area (Å²) in [5.41, 5.74) is 3.60. The molecule has 0 atom stereocenters. The van der Waals surface area contributed by atoms with Crippen molar-refractivity contribution in [2.45, 2.75) is 26.3 Å². The van der Waals surface area contributed by atoms with Gasteiger partial charge in [0.15, 0.2) is 0 Å². The first kappa shape index (κ1) is 15.3. The quantitative estimate of drug-likeness (QED) is 0.483. The monoisotopic (exact) mass is 309 g/mol. The van der Waals surface area contributed by atoms with Gasteiger partial charge in [0, 0.05) is 17.3 Å². The minimum absolute atomic E-state index is 0.00319. The molecule has 2 aromatic rings. The lowest BCUT2D eigenvalue weighted by Gasteiger charge is -2.07. The van der Waals surface area contributed by atoms with Crippen molar-refractivity contribution in [2.75, 3.05) is 7.11 Å². The van der Waals surface area contributed by atoms with Crippen molar-refractivity contribution in [3.8, 4) is 5.75 Å². The average Bonchev–Trinajstić information content (AvgIpc) is 2.72. The maximum Gasteiger partial charge on any atom is 0.273 e. The number of benzene rings is 1. The minimum Gasteiger partial charge on any atom is -0.496 e. The number of hydrogen-bond donors (Lipinski definition) is 0. The molecule has 0 aliphatic rings. The second-order valence-electron chi connectivity index (χ2n) is 4.74. The molecule has 21 heavy (non-hydrogen) atoms. The zero-order valence-corrected chi connectivity index (χ0v) is 12.8. The third kappa shape index (κ3) is 3.16. The maximum atomic E-state index is 11.0. The van der Waals surface area contributed by atoms with Crippen LogP contribution in [0.5, 0.6) is 5.75 Å². The van der Waals surface area contributed by atoms with Crippen molar-refractivity contribution in [3.63, 3.8) is 0 Å². The Balaban J connectivity index is 2.39. The highest BCUT2D eigenvalue weighted by Gasteiger charge is 2.14. The molecule has 2 rings (SSSR count). The van der Waals surface area contributed by atoms with Gasteiger partial charge in [-0.05, 0) is 25.5 Å². The molecule has 0 N–H and O–H groups in total. The van der Waals surface area contributed by atoms with Gasteiger partial charge < -0.3 is 4.74 Å². The van der Waals surface area contributed by atoms with Gasteiger partial charge in [-0.3, -0.25) is 14.8 Å². The lowest BCUT2D eigenvalue weighted by Crippen LogP contribution is -2.05. The van der Waals surface area contributed by atoms with E-state index in [1.165, 1.54) is 19.2 Å². The number of aromatic nitrogens is 2. The molecule has 0 aliphatic carbocycles. The number of rotatable bonds is 5. The largest absolute Gasteiger partial charge is 0.496 e. The minimum atomic E-state index is -0.433. The topological polar surface area (TPSA) is 70.2 Å². The fourth-order valence-electron chi connectivity index (χ4n) is 2.21. The van der Waals surface area contributed by atoms with Gasteiger partial charge in [-0.15, -0.1) is 11.6 Å². The zero-order valence-electron chi connectivity index (χ0n) is 12.1. The first-order valence-electron chi connectivity index (χ1n) is 6.37. The number of halogens is 1. The summed E-state index contributed by atoms with van der Waals surface area (Å²) in [7, 11) is 1.48. The number of hydrogen-bond acceptors (Lipinski definition) is 4. The molecule has 0 unspecified atom stereocenters. The Kier molecular flexibility index (Phi) is 4.47. The van der Waals surface area contributed by atoms with Gasteiger partial charge in [0.05, 0.1) is 36.2 Å². The van der Waals surface area contributed by atoms with Crippen molar-refractivity contribution in [2.24, 2.45) is 0 Å². The van der Waals surface area contributed by atoms with E-state index in [1.54, 1.807) is 10.7 Å². The van der Waals surface area contributed by atoms with Crippen LogP contribution in [0.1, 0.15) is 22.5 Å². The maximum absolute atomic E-state index is 11.0. The van der Waals surface area contributed by atoms with Crippen LogP contribution in [0, 0.1) is 24.0 Å². The lowest BCUT2D eigenvalue weighted by molar-refractivity contribution is -0.385. The fraction of sp³-hybridized carbons (Fsp3) is 0.357. The van der Waals surface area contributed by atoms with Crippen LogP contribution in [0.2, 0.25) is 0 Å². The standard InChI is InChI=1S/C14H16ClN3O3/c1-9-14(7-15)10(2)17(16-9)8-11-4-12(18(19)20)6-13(5-11)21-3/h4-6H,7-8H2,1-3H3. The highest BCUT2D eigenvalue weighted by Crippen LogP contribution is 2.24. The number of ether oxygens (including phenoxy) is 1. The summed E-state index contributed by atoms with van der Waals surface area (Å²) < 4.78 is 6.91. The number of alkyl halides is 1. The molecule has 0 spiro atoms. The third-order valence-electron chi connectivity index (χ3n) is 3.39. The van der Waals surface area contributed by atoms with E-state index in [-0.39, 0.29) is 5.69 Å². The van der Waals surface area contributed by atoms with Crippen molar-refractivity contribution in [3.05, 3.63) is 50.8 Å². The molecule has 7 heteroatoms. The predicted octanol–water partition coefficient (Wildman–Crippen LogP) is 3.20. The lowest BCUT2D eigenvalue weighted by atomic mass is 10.2. The van der Waals surface area contributed by atoms with Crippen LogP contribution in [-0.2, 0) is 12.4 Å². The first-order chi connectivity index (χ1) is 9.96. The molecular formula is C14H16ClN3O3.